The lowest BCUT2D eigenvalue weighted by molar-refractivity contribution is 0.778. The highest BCUT2D eigenvalue weighted by molar-refractivity contribution is 7.17. The molecule has 0 atom stereocenters. The third-order valence-electron chi connectivity index (χ3n) is 2.44. The number of aromatic nitrogens is 2. The summed E-state index contributed by atoms with van der Waals surface area (Å²) in [4.78, 5) is 17.1. The summed E-state index contributed by atoms with van der Waals surface area (Å²) in [7, 11) is 0. The Kier molecular flexibility index (Phi) is 2.74. The number of fused-ring (bicyclic) bond motifs is 1. The Bertz CT molecular complexity index is 728. The van der Waals surface area contributed by atoms with E-state index in [4.69, 9.17) is 11.6 Å². The Hall–Kier alpha value is -1.17. The van der Waals surface area contributed by atoms with Gasteiger partial charge in [0.25, 0.3) is 5.56 Å². The summed E-state index contributed by atoms with van der Waals surface area (Å²) in [6.07, 6.45) is 3.52. The van der Waals surface area contributed by atoms with Gasteiger partial charge >= 0.3 is 0 Å². The Balaban J connectivity index is 2.06. The largest absolute Gasteiger partial charge is 0.310 e. The molecule has 0 fully saturated rings. The molecule has 0 amide bonds. The third-order valence-corrected chi connectivity index (χ3v) is 4.43. The van der Waals surface area contributed by atoms with E-state index < -0.39 is 0 Å². The first-order valence-corrected chi connectivity index (χ1v) is 6.98. The van der Waals surface area contributed by atoms with Gasteiger partial charge in [-0.2, -0.15) is 0 Å². The Labute approximate surface area is 110 Å². The molecule has 3 rings (SSSR count). The predicted molar refractivity (Wildman–Crippen MR) is 72.3 cm³/mol. The van der Waals surface area contributed by atoms with Gasteiger partial charge in [0, 0.05) is 22.0 Å². The van der Waals surface area contributed by atoms with Crippen LogP contribution in [-0.2, 0) is 6.54 Å². The zero-order chi connectivity index (χ0) is 11.8. The van der Waals surface area contributed by atoms with E-state index in [0.29, 0.717) is 11.0 Å². The molecule has 0 aliphatic rings. The van der Waals surface area contributed by atoms with Crippen molar-refractivity contribution in [3.05, 3.63) is 49.6 Å². The van der Waals surface area contributed by atoms with Crippen molar-refractivity contribution >= 4 is 44.4 Å². The fourth-order valence-electron chi connectivity index (χ4n) is 1.66. The average Bonchev–Trinajstić information content (AvgIpc) is 2.92. The van der Waals surface area contributed by atoms with Gasteiger partial charge < -0.3 is 4.57 Å². The van der Waals surface area contributed by atoms with Crippen LogP contribution in [0.25, 0.3) is 10.1 Å². The van der Waals surface area contributed by atoms with Crippen molar-refractivity contribution in [2.75, 3.05) is 0 Å². The van der Waals surface area contributed by atoms with Crippen molar-refractivity contribution in [2.24, 2.45) is 0 Å². The van der Waals surface area contributed by atoms with Crippen LogP contribution in [0.3, 0.4) is 0 Å². The molecule has 0 saturated carbocycles. The molecule has 3 aromatic rings. The smallest absolute Gasteiger partial charge is 0.259 e. The molecule has 0 aromatic carbocycles. The topological polar surface area (TPSA) is 34.9 Å². The Morgan fingerprint density at radius 2 is 2.29 bits per heavy atom. The second-order valence-electron chi connectivity index (χ2n) is 3.53. The van der Waals surface area contributed by atoms with E-state index in [1.807, 2.05) is 23.7 Å². The summed E-state index contributed by atoms with van der Waals surface area (Å²) in [6, 6.07) is 3.82. The van der Waals surface area contributed by atoms with Crippen molar-refractivity contribution in [3.8, 4) is 0 Å². The van der Waals surface area contributed by atoms with Crippen LogP contribution in [0.1, 0.15) is 4.88 Å². The summed E-state index contributed by atoms with van der Waals surface area (Å²) < 4.78 is 3.21. The fourth-order valence-corrected chi connectivity index (χ4v) is 3.41. The molecule has 0 aliphatic heterocycles. The molecule has 0 unspecified atom stereocenters. The van der Waals surface area contributed by atoms with Crippen molar-refractivity contribution in [1.82, 2.24) is 9.55 Å². The molecule has 0 radical (unpaired) electrons. The first kappa shape index (κ1) is 11.0. The molecule has 3 nitrogen and oxygen atoms in total. The Morgan fingerprint density at radius 1 is 1.41 bits per heavy atom. The van der Waals surface area contributed by atoms with Gasteiger partial charge in [-0.1, -0.05) is 11.6 Å². The van der Waals surface area contributed by atoms with Gasteiger partial charge in [0.05, 0.1) is 11.9 Å². The number of rotatable bonds is 2. The van der Waals surface area contributed by atoms with E-state index in [0.717, 1.165) is 15.0 Å². The van der Waals surface area contributed by atoms with Crippen molar-refractivity contribution in [3.63, 3.8) is 0 Å². The van der Waals surface area contributed by atoms with Crippen LogP contribution in [0.4, 0.5) is 0 Å². The van der Waals surface area contributed by atoms with Crippen LogP contribution < -0.4 is 5.56 Å². The third kappa shape index (κ3) is 2.01. The van der Waals surface area contributed by atoms with Crippen molar-refractivity contribution < 1.29 is 0 Å². The minimum Gasteiger partial charge on any atom is -0.310 e. The molecule has 0 bridgehead atoms. The van der Waals surface area contributed by atoms with E-state index in [9.17, 15) is 4.79 Å². The lowest BCUT2D eigenvalue weighted by Crippen LogP contribution is -2.18. The summed E-state index contributed by atoms with van der Waals surface area (Å²) in [5.74, 6) is 0. The number of nitrogens with zero attached hydrogens (tertiary/aromatic N) is 2. The molecule has 0 N–H and O–H groups in total. The minimum atomic E-state index is 0.0354. The number of thiophene rings is 1. The van der Waals surface area contributed by atoms with E-state index in [-0.39, 0.29) is 5.56 Å². The quantitative estimate of drug-likeness (QED) is 0.723. The van der Waals surface area contributed by atoms with E-state index >= 15 is 0 Å². The van der Waals surface area contributed by atoms with Gasteiger partial charge in [0.1, 0.15) is 0 Å². The van der Waals surface area contributed by atoms with Gasteiger partial charge in [-0.3, -0.25) is 4.79 Å². The average molecular weight is 283 g/mol. The number of thiazole rings is 1. The van der Waals surface area contributed by atoms with Crippen LogP contribution in [0, 0.1) is 0 Å². The normalized spacial score (nSPS) is 11.1. The monoisotopic (exact) mass is 282 g/mol. The zero-order valence-electron chi connectivity index (χ0n) is 8.59. The zero-order valence-corrected chi connectivity index (χ0v) is 11.0. The van der Waals surface area contributed by atoms with Gasteiger partial charge in [-0.25, -0.2) is 4.98 Å². The molecule has 17 heavy (non-hydrogen) atoms. The lowest BCUT2D eigenvalue weighted by Gasteiger charge is -2.02. The predicted octanol–water partition coefficient (Wildman–Crippen LogP) is 3.22. The molecule has 86 valence electrons. The number of pyridine rings is 1. The lowest BCUT2D eigenvalue weighted by atomic mass is 10.3. The van der Waals surface area contributed by atoms with E-state index in [2.05, 4.69) is 4.98 Å². The maximum absolute atomic E-state index is 12.1. The SMILES string of the molecule is O=c1c2ccsc2ccn1Cc1cnc(Cl)s1. The molecule has 0 saturated heterocycles. The molecule has 0 spiro atoms. The minimum absolute atomic E-state index is 0.0354. The number of halogens is 1. The maximum Gasteiger partial charge on any atom is 0.259 e. The van der Waals surface area contributed by atoms with Gasteiger partial charge in [-0.15, -0.1) is 22.7 Å². The van der Waals surface area contributed by atoms with Crippen LogP contribution in [-0.4, -0.2) is 9.55 Å². The molecule has 3 aromatic heterocycles. The van der Waals surface area contributed by atoms with Gasteiger partial charge in [0.15, 0.2) is 4.47 Å². The van der Waals surface area contributed by atoms with Gasteiger partial charge in [0.2, 0.25) is 0 Å². The first-order chi connectivity index (χ1) is 8.24. The van der Waals surface area contributed by atoms with Gasteiger partial charge in [-0.05, 0) is 17.5 Å². The van der Waals surface area contributed by atoms with Crippen molar-refractivity contribution in [2.45, 2.75) is 6.54 Å². The number of hydrogen-bond acceptors (Lipinski definition) is 4. The molecule has 0 aliphatic carbocycles. The van der Waals surface area contributed by atoms with E-state index in [1.54, 1.807) is 22.1 Å². The summed E-state index contributed by atoms with van der Waals surface area (Å²) in [5.41, 5.74) is 0.0354. The molecule has 6 heteroatoms. The fraction of sp³-hybridized carbons (Fsp3) is 0.0909. The highest BCUT2D eigenvalue weighted by Gasteiger charge is 2.06. The molecular weight excluding hydrogens is 276 g/mol. The summed E-state index contributed by atoms with van der Waals surface area (Å²) in [6.45, 7) is 0.523. The van der Waals surface area contributed by atoms with Crippen LogP contribution >= 0.6 is 34.3 Å². The van der Waals surface area contributed by atoms with E-state index in [1.165, 1.54) is 11.3 Å². The molecule has 3 heterocycles. The van der Waals surface area contributed by atoms with Crippen LogP contribution in [0.2, 0.25) is 4.47 Å². The maximum atomic E-state index is 12.1. The highest BCUT2D eigenvalue weighted by atomic mass is 35.5. The molecular formula is C11H7ClN2OS2. The summed E-state index contributed by atoms with van der Waals surface area (Å²) >= 11 is 8.74. The van der Waals surface area contributed by atoms with Crippen LogP contribution in [0.15, 0.2) is 34.7 Å². The first-order valence-electron chi connectivity index (χ1n) is 4.91. The van der Waals surface area contributed by atoms with Crippen LogP contribution in [0.5, 0.6) is 0 Å². The second kappa shape index (κ2) is 4.25. The second-order valence-corrected chi connectivity index (χ2v) is 6.17. The number of hydrogen-bond donors (Lipinski definition) is 0. The highest BCUT2D eigenvalue weighted by Crippen LogP contribution is 2.20. The summed E-state index contributed by atoms with van der Waals surface area (Å²) in [5, 5.41) is 2.70. The standard InChI is InChI=1S/C11H7ClN2OS2/c12-11-13-5-7(17-11)6-14-3-1-9-8(10(14)15)2-4-16-9/h1-5H,6H2. The Morgan fingerprint density at radius 3 is 3.06 bits per heavy atom. The van der Waals surface area contributed by atoms with Crippen molar-refractivity contribution in [1.29, 1.82) is 0 Å².